The van der Waals surface area contributed by atoms with Gasteiger partial charge in [0.1, 0.15) is 0 Å². The maximum absolute atomic E-state index is 5.63. The van der Waals surface area contributed by atoms with Crippen molar-refractivity contribution < 1.29 is 4.74 Å². The predicted molar refractivity (Wildman–Crippen MR) is 84.6 cm³/mol. The van der Waals surface area contributed by atoms with E-state index in [2.05, 4.69) is 34.5 Å². The van der Waals surface area contributed by atoms with Crippen molar-refractivity contribution in [2.45, 2.75) is 50.7 Å². The first-order valence-corrected chi connectivity index (χ1v) is 8.01. The van der Waals surface area contributed by atoms with Gasteiger partial charge in [0.05, 0.1) is 12.1 Å². The molecule has 3 nitrogen and oxygen atoms in total. The van der Waals surface area contributed by atoms with E-state index in [1.165, 1.54) is 63.0 Å². The van der Waals surface area contributed by atoms with Crippen molar-refractivity contribution in [2.24, 2.45) is 0 Å². The van der Waals surface area contributed by atoms with Gasteiger partial charge in [-0.1, -0.05) is 18.9 Å². The summed E-state index contributed by atoms with van der Waals surface area (Å²) in [5.74, 6) is 0. The average Bonchev–Trinajstić information content (AvgIpc) is 3.02. The number of nitrogens with one attached hydrogen (secondary N) is 1. The van der Waals surface area contributed by atoms with Crippen LogP contribution in [0.3, 0.4) is 0 Å². The Hall–Kier alpha value is -1.22. The molecule has 3 heteroatoms. The second-order valence-electron chi connectivity index (χ2n) is 6.05. The molecule has 1 aromatic carbocycles. The van der Waals surface area contributed by atoms with Gasteiger partial charge in [-0.2, -0.15) is 0 Å². The maximum atomic E-state index is 5.63. The minimum atomic E-state index is 0.360. The average molecular weight is 274 g/mol. The highest BCUT2D eigenvalue weighted by atomic mass is 16.5. The molecule has 3 rings (SSSR count). The van der Waals surface area contributed by atoms with Crippen LogP contribution in [0.15, 0.2) is 24.3 Å². The molecule has 110 valence electrons. The Kier molecular flexibility index (Phi) is 4.46. The first-order valence-electron chi connectivity index (χ1n) is 8.01. The van der Waals surface area contributed by atoms with E-state index in [9.17, 15) is 0 Å². The SMILES string of the molecule is COC1CCCCC1Nc1cccc(N2CCCC2)c1. The van der Waals surface area contributed by atoms with Crippen molar-refractivity contribution in [3.63, 3.8) is 0 Å². The van der Waals surface area contributed by atoms with Crippen LogP contribution in [0.25, 0.3) is 0 Å². The molecule has 2 atom stereocenters. The summed E-state index contributed by atoms with van der Waals surface area (Å²) in [5, 5.41) is 3.69. The lowest BCUT2D eigenvalue weighted by Gasteiger charge is -2.32. The number of hydrogen-bond donors (Lipinski definition) is 1. The third-order valence-corrected chi connectivity index (χ3v) is 4.67. The second-order valence-corrected chi connectivity index (χ2v) is 6.05. The molecule has 2 unspecified atom stereocenters. The molecule has 0 spiro atoms. The molecule has 0 amide bonds. The van der Waals surface area contributed by atoms with Crippen molar-refractivity contribution in [3.8, 4) is 0 Å². The fourth-order valence-corrected chi connectivity index (χ4v) is 3.53. The topological polar surface area (TPSA) is 24.5 Å². The van der Waals surface area contributed by atoms with Crippen molar-refractivity contribution >= 4 is 11.4 Å². The van der Waals surface area contributed by atoms with Crippen molar-refractivity contribution in [3.05, 3.63) is 24.3 Å². The summed E-state index contributed by atoms with van der Waals surface area (Å²) in [5.41, 5.74) is 2.60. The van der Waals surface area contributed by atoms with Gasteiger partial charge in [0.2, 0.25) is 0 Å². The Bertz CT molecular complexity index is 429. The zero-order chi connectivity index (χ0) is 13.8. The molecule has 2 aliphatic rings. The van der Waals surface area contributed by atoms with Gasteiger partial charge in [-0.25, -0.2) is 0 Å². The zero-order valence-electron chi connectivity index (χ0n) is 12.5. The van der Waals surface area contributed by atoms with Crippen LogP contribution in [0.5, 0.6) is 0 Å². The van der Waals surface area contributed by atoms with E-state index in [-0.39, 0.29) is 0 Å². The molecule has 0 aromatic heterocycles. The van der Waals surface area contributed by atoms with Gasteiger partial charge in [0.25, 0.3) is 0 Å². The quantitative estimate of drug-likeness (QED) is 0.907. The Morgan fingerprint density at radius 3 is 2.70 bits per heavy atom. The molecule has 0 radical (unpaired) electrons. The first-order chi connectivity index (χ1) is 9.86. The molecule has 1 saturated heterocycles. The molecule has 2 fully saturated rings. The Morgan fingerprint density at radius 1 is 1.10 bits per heavy atom. The Morgan fingerprint density at radius 2 is 1.90 bits per heavy atom. The molecule has 1 aliphatic heterocycles. The van der Waals surface area contributed by atoms with Gasteiger partial charge in [-0.15, -0.1) is 0 Å². The number of anilines is 2. The minimum Gasteiger partial charge on any atom is -0.380 e. The maximum Gasteiger partial charge on any atom is 0.0772 e. The molecule has 1 aromatic rings. The van der Waals surface area contributed by atoms with Gasteiger partial charge < -0.3 is 15.0 Å². The van der Waals surface area contributed by atoms with Crippen LogP contribution in [0.4, 0.5) is 11.4 Å². The zero-order valence-corrected chi connectivity index (χ0v) is 12.5. The smallest absolute Gasteiger partial charge is 0.0772 e. The minimum absolute atomic E-state index is 0.360. The van der Waals surface area contributed by atoms with E-state index in [4.69, 9.17) is 4.74 Å². The first kappa shape index (κ1) is 13.7. The summed E-state index contributed by atoms with van der Waals surface area (Å²) < 4.78 is 5.63. The fourth-order valence-electron chi connectivity index (χ4n) is 3.53. The van der Waals surface area contributed by atoms with Gasteiger partial charge in [-0.3, -0.25) is 0 Å². The number of methoxy groups -OCH3 is 1. The molecule has 1 heterocycles. The van der Waals surface area contributed by atoms with Crippen LogP contribution >= 0.6 is 0 Å². The molecule has 0 bridgehead atoms. The van der Waals surface area contributed by atoms with Crippen LogP contribution in [0, 0.1) is 0 Å². The van der Waals surface area contributed by atoms with Gasteiger partial charge in [0, 0.05) is 31.6 Å². The number of benzene rings is 1. The molecule has 1 saturated carbocycles. The van der Waals surface area contributed by atoms with E-state index in [1.54, 1.807) is 0 Å². The van der Waals surface area contributed by atoms with Crippen molar-refractivity contribution in [1.29, 1.82) is 0 Å². The van der Waals surface area contributed by atoms with E-state index in [0.29, 0.717) is 12.1 Å². The van der Waals surface area contributed by atoms with Crippen LogP contribution in [0.1, 0.15) is 38.5 Å². The summed E-state index contributed by atoms with van der Waals surface area (Å²) in [6.07, 6.45) is 8.01. The predicted octanol–water partition coefficient (Wildman–Crippen LogP) is 3.66. The molecule has 1 N–H and O–H groups in total. The van der Waals surface area contributed by atoms with Crippen LogP contribution in [-0.2, 0) is 4.74 Å². The van der Waals surface area contributed by atoms with Crippen molar-refractivity contribution in [2.75, 3.05) is 30.4 Å². The second kappa shape index (κ2) is 6.49. The fraction of sp³-hybridized carbons (Fsp3) is 0.647. The molecular weight excluding hydrogens is 248 g/mol. The normalized spacial score (nSPS) is 26.8. The van der Waals surface area contributed by atoms with E-state index < -0.39 is 0 Å². The van der Waals surface area contributed by atoms with E-state index in [1.807, 2.05) is 7.11 Å². The van der Waals surface area contributed by atoms with Crippen molar-refractivity contribution in [1.82, 2.24) is 0 Å². The molecule has 1 aliphatic carbocycles. The van der Waals surface area contributed by atoms with Crippen LogP contribution in [0.2, 0.25) is 0 Å². The summed E-state index contributed by atoms with van der Waals surface area (Å²) in [7, 11) is 1.84. The lowest BCUT2D eigenvalue weighted by Crippen LogP contribution is -2.37. The lowest BCUT2D eigenvalue weighted by atomic mass is 9.92. The van der Waals surface area contributed by atoms with Crippen LogP contribution in [-0.4, -0.2) is 32.3 Å². The number of hydrogen-bond acceptors (Lipinski definition) is 3. The highest BCUT2D eigenvalue weighted by Crippen LogP contribution is 2.27. The van der Waals surface area contributed by atoms with Gasteiger partial charge in [0.15, 0.2) is 0 Å². The summed E-state index contributed by atoms with van der Waals surface area (Å²) >= 11 is 0. The van der Waals surface area contributed by atoms with E-state index in [0.717, 1.165) is 0 Å². The molecule has 20 heavy (non-hydrogen) atoms. The number of nitrogens with zero attached hydrogens (tertiary/aromatic N) is 1. The number of ether oxygens (including phenoxy) is 1. The summed E-state index contributed by atoms with van der Waals surface area (Å²) in [6.45, 7) is 2.40. The third kappa shape index (κ3) is 3.09. The number of rotatable bonds is 4. The van der Waals surface area contributed by atoms with E-state index >= 15 is 0 Å². The van der Waals surface area contributed by atoms with Crippen LogP contribution < -0.4 is 10.2 Å². The largest absolute Gasteiger partial charge is 0.380 e. The Balaban J connectivity index is 1.68. The standard InChI is InChI=1S/C17H26N2O/c1-20-17-10-3-2-9-16(17)18-14-7-6-8-15(13-14)19-11-4-5-12-19/h6-8,13,16-18H,2-5,9-12H2,1H3. The highest BCUT2D eigenvalue weighted by molar-refractivity contribution is 5.59. The monoisotopic (exact) mass is 274 g/mol. The Labute approximate surface area is 122 Å². The molecular formula is C17H26N2O. The highest BCUT2D eigenvalue weighted by Gasteiger charge is 2.24. The van der Waals surface area contributed by atoms with Gasteiger partial charge in [-0.05, 0) is 43.9 Å². The lowest BCUT2D eigenvalue weighted by molar-refractivity contribution is 0.0606. The summed E-state index contributed by atoms with van der Waals surface area (Å²) in [6, 6.07) is 9.34. The third-order valence-electron chi connectivity index (χ3n) is 4.67. The summed E-state index contributed by atoms with van der Waals surface area (Å²) in [4.78, 5) is 2.49. The van der Waals surface area contributed by atoms with Gasteiger partial charge >= 0.3 is 0 Å².